The normalized spacial score (nSPS) is 10.2. The van der Waals surface area contributed by atoms with E-state index in [9.17, 15) is 4.79 Å². The fourth-order valence-corrected chi connectivity index (χ4v) is 2.08. The summed E-state index contributed by atoms with van der Waals surface area (Å²) in [7, 11) is 4.74. The quantitative estimate of drug-likeness (QED) is 0.672. The number of nitrogens with zero attached hydrogens (tertiary/aromatic N) is 2. The van der Waals surface area contributed by atoms with Crippen molar-refractivity contribution in [2.24, 2.45) is 0 Å². The molecule has 0 aliphatic carbocycles. The predicted octanol–water partition coefficient (Wildman–Crippen LogP) is 2.19. The molecule has 2 N–H and O–H groups in total. The first-order chi connectivity index (χ1) is 12.2. The van der Waals surface area contributed by atoms with Gasteiger partial charge in [-0.3, -0.25) is 4.79 Å². The molecule has 8 heteroatoms. The van der Waals surface area contributed by atoms with E-state index in [4.69, 9.17) is 14.2 Å². The summed E-state index contributed by atoms with van der Waals surface area (Å²) < 4.78 is 15.4. The first-order valence-corrected chi connectivity index (χ1v) is 7.78. The average Bonchev–Trinajstić information content (AvgIpc) is 2.65. The first-order valence-electron chi connectivity index (χ1n) is 7.78. The molecule has 0 fully saturated rings. The van der Waals surface area contributed by atoms with E-state index < -0.39 is 0 Å². The third kappa shape index (κ3) is 5.32. The number of methoxy groups -OCH3 is 3. The molecule has 0 aliphatic rings. The Labute approximate surface area is 146 Å². The molecule has 1 heterocycles. The lowest BCUT2D eigenvalue weighted by Gasteiger charge is -2.11. The van der Waals surface area contributed by atoms with Crippen molar-refractivity contribution < 1.29 is 19.0 Å². The van der Waals surface area contributed by atoms with Gasteiger partial charge in [-0.05, 0) is 30.7 Å². The van der Waals surface area contributed by atoms with Crippen LogP contribution in [0.25, 0.3) is 0 Å². The molecular weight excluding hydrogens is 324 g/mol. The molecular formula is C17H22N4O4. The van der Waals surface area contributed by atoms with Crippen LogP contribution in [-0.4, -0.2) is 50.6 Å². The zero-order valence-electron chi connectivity index (χ0n) is 14.5. The van der Waals surface area contributed by atoms with E-state index in [-0.39, 0.29) is 11.6 Å². The van der Waals surface area contributed by atoms with Crippen molar-refractivity contribution in [3.8, 4) is 11.5 Å². The van der Waals surface area contributed by atoms with Crippen molar-refractivity contribution in [1.82, 2.24) is 10.2 Å². The molecule has 134 valence electrons. The SMILES string of the molecule is COCCCNc1ccc(C(=O)Nc2cc(OC)ccc2OC)nn1. The van der Waals surface area contributed by atoms with Gasteiger partial charge in [0.05, 0.1) is 19.9 Å². The monoisotopic (exact) mass is 346 g/mol. The molecule has 0 aliphatic heterocycles. The van der Waals surface area contributed by atoms with Gasteiger partial charge in [0.25, 0.3) is 5.91 Å². The molecule has 1 amide bonds. The summed E-state index contributed by atoms with van der Waals surface area (Å²) in [5.41, 5.74) is 0.697. The number of benzene rings is 1. The molecule has 0 spiro atoms. The van der Waals surface area contributed by atoms with Crippen molar-refractivity contribution in [3.63, 3.8) is 0 Å². The number of rotatable bonds is 9. The summed E-state index contributed by atoms with van der Waals surface area (Å²) >= 11 is 0. The van der Waals surface area contributed by atoms with Crippen LogP contribution in [0.15, 0.2) is 30.3 Å². The molecule has 8 nitrogen and oxygen atoms in total. The van der Waals surface area contributed by atoms with E-state index in [1.165, 1.54) is 7.11 Å². The van der Waals surface area contributed by atoms with Gasteiger partial charge < -0.3 is 24.8 Å². The molecule has 0 radical (unpaired) electrons. The Morgan fingerprint density at radius 1 is 1.08 bits per heavy atom. The van der Waals surface area contributed by atoms with Gasteiger partial charge in [0, 0.05) is 26.3 Å². The van der Waals surface area contributed by atoms with Gasteiger partial charge in [0.2, 0.25) is 0 Å². The van der Waals surface area contributed by atoms with Crippen molar-refractivity contribution in [2.45, 2.75) is 6.42 Å². The standard InChI is InChI=1S/C17H22N4O4/c1-23-10-4-9-18-16-8-6-13(20-21-16)17(22)19-14-11-12(24-2)5-7-15(14)25-3/h5-8,11H,4,9-10H2,1-3H3,(H,18,21)(H,19,22). The molecule has 0 saturated heterocycles. The van der Waals surface area contributed by atoms with Crippen LogP contribution in [0.1, 0.15) is 16.9 Å². The van der Waals surface area contributed by atoms with Crippen molar-refractivity contribution >= 4 is 17.4 Å². The van der Waals surface area contributed by atoms with E-state index in [0.29, 0.717) is 29.6 Å². The van der Waals surface area contributed by atoms with E-state index in [1.807, 2.05) is 0 Å². The molecule has 0 saturated carbocycles. The molecule has 0 bridgehead atoms. The maximum atomic E-state index is 12.3. The number of carbonyl (C=O) groups is 1. The van der Waals surface area contributed by atoms with Crippen LogP contribution >= 0.6 is 0 Å². The molecule has 1 aromatic carbocycles. The van der Waals surface area contributed by atoms with Crippen LogP contribution < -0.4 is 20.1 Å². The van der Waals surface area contributed by atoms with Crippen LogP contribution in [0, 0.1) is 0 Å². The molecule has 0 unspecified atom stereocenters. The van der Waals surface area contributed by atoms with Crippen LogP contribution in [0.2, 0.25) is 0 Å². The highest BCUT2D eigenvalue weighted by molar-refractivity contribution is 6.03. The summed E-state index contributed by atoms with van der Waals surface area (Å²) in [6, 6.07) is 8.45. The Morgan fingerprint density at radius 2 is 1.92 bits per heavy atom. The number of amides is 1. The van der Waals surface area contributed by atoms with Gasteiger partial charge in [-0.15, -0.1) is 10.2 Å². The van der Waals surface area contributed by atoms with E-state index in [1.54, 1.807) is 44.6 Å². The summed E-state index contributed by atoms with van der Waals surface area (Å²) in [5, 5.41) is 13.8. The van der Waals surface area contributed by atoms with Gasteiger partial charge in [-0.25, -0.2) is 0 Å². The molecule has 25 heavy (non-hydrogen) atoms. The fourth-order valence-electron chi connectivity index (χ4n) is 2.08. The van der Waals surface area contributed by atoms with Crippen molar-refractivity contribution in [2.75, 3.05) is 45.1 Å². The number of anilines is 2. The lowest BCUT2D eigenvalue weighted by molar-refractivity contribution is 0.102. The highest BCUT2D eigenvalue weighted by Gasteiger charge is 2.12. The average molecular weight is 346 g/mol. The fraction of sp³-hybridized carbons (Fsp3) is 0.353. The van der Waals surface area contributed by atoms with Gasteiger partial charge in [0.15, 0.2) is 5.69 Å². The van der Waals surface area contributed by atoms with Crippen molar-refractivity contribution in [3.05, 3.63) is 36.0 Å². The van der Waals surface area contributed by atoms with Gasteiger partial charge in [0.1, 0.15) is 17.3 Å². The van der Waals surface area contributed by atoms with Crippen LogP contribution in [-0.2, 0) is 4.74 Å². The Kier molecular flexibility index (Phi) is 6.97. The Bertz CT molecular complexity index is 692. The number of carbonyl (C=O) groups excluding carboxylic acids is 1. The molecule has 2 aromatic rings. The lowest BCUT2D eigenvalue weighted by atomic mass is 10.2. The van der Waals surface area contributed by atoms with Crippen LogP contribution in [0.3, 0.4) is 0 Å². The first kappa shape index (κ1) is 18.5. The maximum absolute atomic E-state index is 12.3. The van der Waals surface area contributed by atoms with E-state index >= 15 is 0 Å². The highest BCUT2D eigenvalue weighted by atomic mass is 16.5. The van der Waals surface area contributed by atoms with Gasteiger partial charge >= 0.3 is 0 Å². The van der Waals surface area contributed by atoms with E-state index in [0.717, 1.165) is 13.0 Å². The Balaban J connectivity index is 2.01. The van der Waals surface area contributed by atoms with Crippen LogP contribution in [0.5, 0.6) is 11.5 Å². The largest absolute Gasteiger partial charge is 0.497 e. The Morgan fingerprint density at radius 3 is 2.56 bits per heavy atom. The molecule has 1 aromatic heterocycles. The topological polar surface area (TPSA) is 94.6 Å². The second-order valence-electron chi connectivity index (χ2n) is 5.10. The zero-order chi connectivity index (χ0) is 18.1. The smallest absolute Gasteiger partial charge is 0.276 e. The molecule has 2 rings (SSSR count). The molecule has 0 atom stereocenters. The summed E-state index contributed by atoms with van der Waals surface area (Å²) in [4.78, 5) is 12.3. The summed E-state index contributed by atoms with van der Waals surface area (Å²) in [5.74, 6) is 1.35. The zero-order valence-corrected chi connectivity index (χ0v) is 14.5. The minimum absolute atomic E-state index is 0.201. The van der Waals surface area contributed by atoms with E-state index in [2.05, 4.69) is 20.8 Å². The number of ether oxygens (including phenoxy) is 3. The highest BCUT2D eigenvalue weighted by Crippen LogP contribution is 2.29. The minimum atomic E-state index is -0.384. The summed E-state index contributed by atoms with van der Waals surface area (Å²) in [6.45, 7) is 1.39. The minimum Gasteiger partial charge on any atom is -0.497 e. The van der Waals surface area contributed by atoms with Gasteiger partial charge in [-0.2, -0.15) is 0 Å². The lowest BCUT2D eigenvalue weighted by Crippen LogP contribution is -2.16. The Hall–Kier alpha value is -2.87. The number of hydrogen-bond acceptors (Lipinski definition) is 7. The second-order valence-corrected chi connectivity index (χ2v) is 5.10. The van der Waals surface area contributed by atoms with Crippen LogP contribution in [0.4, 0.5) is 11.5 Å². The third-order valence-electron chi connectivity index (χ3n) is 3.38. The summed E-state index contributed by atoms with van der Waals surface area (Å²) in [6.07, 6.45) is 0.857. The number of hydrogen-bond donors (Lipinski definition) is 2. The number of nitrogens with one attached hydrogen (secondary N) is 2. The third-order valence-corrected chi connectivity index (χ3v) is 3.38. The van der Waals surface area contributed by atoms with Gasteiger partial charge in [-0.1, -0.05) is 0 Å². The number of aromatic nitrogens is 2. The maximum Gasteiger partial charge on any atom is 0.276 e. The van der Waals surface area contributed by atoms with Crippen molar-refractivity contribution in [1.29, 1.82) is 0 Å². The predicted molar refractivity (Wildman–Crippen MR) is 94.5 cm³/mol. The second kappa shape index (κ2) is 9.43.